The molecule has 2 aromatic carbocycles. The first-order chi connectivity index (χ1) is 9.63. The van der Waals surface area contributed by atoms with E-state index in [0.717, 1.165) is 10.9 Å². The highest BCUT2D eigenvalue weighted by Gasteiger charge is 2.09. The fraction of sp³-hybridized carbons (Fsp3) is 0.0625. The molecule has 0 bridgehead atoms. The zero-order valence-corrected chi connectivity index (χ0v) is 11.3. The van der Waals surface area contributed by atoms with Crippen molar-refractivity contribution >= 4 is 28.3 Å². The van der Waals surface area contributed by atoms with E-state index in [1.54, 1.807) is 6.07 Å². The summed E-state index contributed by atoms with van der Waals surface area (Å²) >= 11 is 5.97. The molecule has 0 spiro atoms. The van der Waals surface area contributed by atoms with Crippen LogP contribution in [0.15, 0.2) is 54.7 Å². The fourth-order valence-electron chi connectivity index (χ4n) is 2.20. The second-order valence-electron chi connectivity index (χ2n) is 4.58. The predicted molar refractivity (Wildman–Crippen MR) is 77.7 cm³/mol. The zero-order valence-electron chi connectivity index (χ0n) is 10.5. The molecular formula is C16H11ClFNO. The van der Waals surface area contributed by atoms with Crippen LogP contribution in [0, 0.1) is 5.82 Å². The van der Waals surface area contributed by atoms with E-state index >= 15 is 0 Å². The summed E-state index contributed by atoms with van der Waals surface area (Å²) in [4.78, 5) is 12.2. The number of fused-ring (bicyclic) bond motifs is 1. The summed E-state index contributed by atoms with van der Waals surface area (Å²) in [5.41, 5.74) is 1.26. The van der Waals surface area contributed by atoms with Crippen LogP contribution in [-0.4, -0.2) is 10.4 Å². The molecule has 0 aliphatic heterocycles. The summed E-state index contributed by atoms with van der Waals surface area (Å²) < 4.78 is 14.9. The summed E-state index contributed by atoms with van der Waals surface area (Å²) in [7, 11) is 0. The molecule has 0 saturated carbocycles. The molecule has 0 amide bonds. The van der Waals surface area contributed by atoms with Crippen molar-refractivity contribution in [2.45, 2.75) is 6.54 Å². The van der Waals surface area contributed by atoms with E-state index in [0.29, 0.717) is 10.6 Å². The van der Waals surface area contributed by atoms with Gasteiger partial charge < -0.3 is 4.57 Å². The maximum atomic E-state index is 13.1. The molecule has 20 heavy (non-hydrogen) atoms. The van der Waals surface area contributed by atoms with Crippen LogP contribution in [0.4, 0.5) is 4.39 Å². The van der Waals surface area contributed by atoms with Crippen molar-refractivity contribution in [3.05, 3.63) is 71.1 Å². The van der Waals surface area contributed by atoms with E-state index in [4.69, 9.17) is 11.6 Å². The molecule has 1 aromatic heterocycles. The van der Waals surface area contributed by atoms with Gasteiger partial charge in [0.25, 0.3) is 0 Å². The van der Waals surface area contributed by atoms with Gasteiger partial charge in [-0.25, -0.2) is 4.39 Å². The number of halogens is 2. The molecule has 100 valence electrons. The Balaban J connectivity index is 1.93. The molecule has 0 saturated heterocycles. The molecule has 3 rings (SSSR count). The van der Waals surface area contributed by atoms with Gasteiger partial charge in [0.1, 0.15) is 5.82 Å². The predicted octanol–water partition coefficient (Wildman–Crippen LogP) is 4.32. The van der Waals surface area contributed by atoms with Crippen molar-refractivity contribution in [1.29, 1.82) is 0 Å². The van der Waals surface area contributed by atoms with Gasteiger partial charge in [0, 0.05) is 22.3 Å². The van der Waals surface area contributed by atoms with Crippen LogP contribution in [0.5, 0.6) is 0 Å². The monoisotopic (exact) mass is 287 g/mol. The molecule has 4 heteroatoms. The molecule has 3 aromatic rings. The van der Waals surface area contributed by atoms with Crippen LogP contribution in [0.1, 0.15) is 10.4 Å². The number of rotatable bonds is 3. The van der Waals surface area contributed by atoms with Crippen molar-refractivity contribution in [1.82, 2.24) is 4.57 Å². The Bertz CT molecular complexity index is 794. The van der Waals surface area contributed by atoms with Gasteiger partial charge in [0.2, 0.25) is 0 Å². The molecule has 0 fully saturated rings. The van der Waals surface area contributed by atoms with E-state index in [1.165, 1.54) is 18.2 Å². The van der Waals surface area contributed by atoms with Crippen molar-refractivity contribution in [3.8, 4) is 0 Å². The summed E-state index contributed by atoms with van der Waals surface area (Å²) in [6, 6.07) is 13.2. The SMILES string of the molecule is O=C(Cn1ccc2ccc(Cl)cc21)c1cccc(F)c1. The Hall–Kier alpha value is -2.13. The number of aromatic nitrogens is 1. The highest BCUT2D eigenvalue weighted by molar-refractivity contribution is 6.31. The minimum atomic E-state index is -0.406. The average Bonchev–Trinajstić information content (AvgIpc) is 2.81. The number of ketones is 1. The van der Waals surface area contributed by atoms with Crippen molar-refractivity contribution in [3.63, 3.8) is 0 Å². The Morgan fingerprint density at radius 1 is 1.15 bits per heavy atom. The third-order valence-corrected chi connectivity index (χ3v) is 3.43. The third kappa shape index (κ3) is 2.45. The van der Waals surface area contributed by atoms with Crippen molar-refractivity contribution in [2.75, 3.05) is 0 Å². The minimum absolute atomic E-state index is 0.137. The molecule has 2 nitrogen and oxygen atoms in total. The lowest BCUT2D eigenvalue weighted by Crippen LogP contribution is -2.09. The number of hydrogen-bond donors (Lipinski definition) is 0. The Morgan fingerprint density at radius 3 is 2.80 bits per heavy atom. The van der Waals surface area contributed by atoms with Crippen LogP contribution in [0.2, 0.25) is 5.02 Å². The molecule has 0 atom stereocenters. The molecule has 0 unspecified atom stereocenters. The second-order valence-corrected chi connectivity index (χ2v) is 5.02. The van der Waals surface area contributed by atoms with Crippen LogP contribution in [0.3, 0.4) is 0 Å². The fourth-order valence-corrected chi connectivity index (χ4v) is 2.37. The Morgan fingerprint density at radius 2 is 2.00 bits per heavy atom. The molecule has 0 aliphatic carbocycles. The largest absolute Gasteiger partial charge is 0.340 e. The van der Waals surface area contributed by atoms with E-state index in [2.05, 4.69) is 0 Å². The maximum absolute atomic E-state index is 13.1. The van der Waals surface area contributed by atoms with Gasteiger partial charge in [0.15, 0.2) is 5.78 Å². The quantitative estimate of drug-likeness (QED) is 0.658. The third-order valence-electron chi connectivity index (χ3n) is 3.20. The molecular weight excluding hydrogens is 277 g/mol. The number of hydrogen-bond acceptors (Lipinski definition) is 1. The Kier molecular flexibility index (Phi) is 3.28. The number of carbonyl (C=O) groups is 1. The van der Waals surface area contributed by atoms with E-state index in [9.17, 15) is 9.18 Å². The van der Waals surface area contributed by atoms with E-state index < -0.39 is 5.82 Å². The highest BCUT2D eigenvalue weighted by atomic mass is 35.5. The minimum Gasteiger partial charge on any atom is -0.340 e. The van der Waals surface area contributed by atoms with Gasteiger partial charge in [-0.1, -0.05) is 29.8 Å². The molecule has 1 heterocycles. The van der Waals surface area contributed by atoms with Gasteiger partial charge in [-0.2, -0.15) is 0 Å². The van der Waals surface area contributed by atoms with Crippen molar-refractivity contribution < 1.29 is 9.18 Å². The molecule has 0 radical (unpaired) electrons. The highest BCUT2D eigenvalue weighted by Crippen LogP contribution is 2.21. The standard InChI is InChI=1S/C16H11ClFNO/c17-13-5-4-11-6-7-19(15(11)9-13)10-16(20)12-2-1-3-14(18)8-12/h1-9H,10H2. The lowest BCUT2D eigenvalue weighted by atomic mass is 10.1. The van der Waals surface area contributed by atoms with Crippen LogP contribution >= 0.6 is 11.6 Å². The Labute approximate surface area is 120 Å². The van der Waals surface area contributed by atoms with Crippen LogP contribution in [-0.2, 0) is 6.54 Å². The first kappa shape index (κ1) is 12.9. The molecule has 0 N–H and O–H groups in total. The number of benzene rings is 2. The van der Waals surface area contributed by atoms with Crippen LogP contribution < -0.4 is 0 Å². The van der Waals surface area contributed by atoms with Gasteiger partial charge in [-0.15, -0.1) is 0 Å². The van der Waals surface area contributed by atoms with Crippen molar-refractivity contribution in [2.24, 2.45) is 0 Å². The van der Waals surface area contributed by atoms with Gasteiger partial charge in [-0.3, -0.25) is 4.79 Å². The van der Waals surface area contributed by atoms with E-state index in [1.807, 2.05) is 35.0 Å². The van der Waals surface area contributed by atoms with Gasteiger partial charge in [-0.05, 0) is 35.7 Å². The van der Waals surface area contributed by atoms with E-state index in [-0.39, 0.29) is 12.3 Å². The summed E-state index contributed by atoms with van der Waals surface area (Å²) in [6.45, 7) is 0.160. The topological polar surface area (TPSA) is 22.0 Å². The zero-order chi connectivity index (χ0) is 14.1. The second kappa shape index (κ2) is 5.10. The summed E-state index contributed by atoms with van der Waals surface area (Å²) in [5.74, 6) is -0.543. The molecule has 0 aliphatic rings. The average molecular weight is 288 g/mol. The number of carbonyl (C=O) groups excluding carboxylic acids is 1. The van der Waals surface area contributed by atoms with Crippen LogP contribution in [0.25, 0.3) is 10.9 Å². The lowest BCUT2D eigenvalue weighted by molar-refractivity contribution is 0.0973. The number of Topliss-reactive ketones (excluding diaryl/α,β-unsaturated/α-hetero) is 1. The maximum Gasteiger partial charge on any atom is 0.182 e. The summed E-state index contributed by atoms with van der Waals surface area (Å²) in [5, 5.41) is 1.64. The first-order valence-corrected chi connectivity index (χ1v) is 6.54. The lowest BCUT2D eigenvalue weighted by Gasteiger charge is -2.05. The van der Waals surface area contributed by atoms with Gasteiger partial charge in [0.05, 0.1) is 6.54 Å². The first-order valence-electron chi connectivity index (χ1n) is 6.17. The number of nitrogens with zero attached hydrogens (tertiary/aromatic N) is 1. The van der Waals surface area contributed by atoms with Gasteiger partial charge >= 0.3 is 0 Å². The smallest absolute Gasteiger partial charge is 0.182 e. The normalized spacial score (nSPS) is 10.9. The summed E-state index contributed by atoms with van der Waals surface area (Å²) in [6.07, 6.45) is 1.83.